The number of ether oxygens (including phenoxy) is 1. The number of anilines is 1. The van der Waals surface area contributed by atoms with Crippen LogP contribution in [0.4, 0.5) is 5.69 Å². The molecule has 5 nitrogen and oxygen atoms in total. The van der Waals surface area contributed by atoms with Crippen molar-refractivity contribution in [2.24, 2.45) is 0 Å². The Morgan fingerprint density at radius 3 is 2.59 bits per heavy atom. The van der Waals surface area contributed by atoms with Crippen molar-refractivity contribution in [2.45, 2.75) is 32.6 Å². The fourth-order valence-electron chi connectivity index (χ4n) is 4.32. The molecule has 0 saturated carbocycles. The molecule has 1 atom stereocenters. The van der Waals surface area contributed by atoms with Crippen LogP contribution in [0.5, 0.6) is 5.75 Å². The van der Waals surface area contributed by atoms with Gasteiger partial charge in [-0.15, -0.1) is 0 Å². The van der Waals surface area contributed by atoms with E-state index in [1.807, 2.05) is 0 Å². The van der Waals surface area contributed by atoms with Gasteiger partial charge in [-0.2, -0.15) is 0 Å². The molecule has 1 N–H and O–H groups in total. The van der Waals surface area contributed by atoms with Gasteiger partial charge in [0.15, 0.2) is 0 Å². The van der Waals surface area contributed by atoms with E-state index in [-0.39, 0.29) is 0 Å². The molecule has 0 spiro atoms. The lowest BCUT2D eigenvalue weighted by atomic mass is 10.0. The van der Waals surface area contributed by atoms with Crippen molar-refractivity contribution in [1.29, 1.82) is 0 Å². The Morgan fingerprint density at radius 1 is 1.07 bits per heavy atom. The van der Waals surface area contributed by atoms with Gasteiger partial charge in [-0.25, -0.2) is 0 Å². The second kappa shape index (κ2) is 9.59. The number of hydrogen-bond donors (Lipinski definition) is 1. The third-order valence-corrected chi connectivity index (χ3v) is 6.08. The first kappa shape index (κ1) is 20.2. The largest absolute Gasteiger partial charge is 0.494 e. The Balaban J connectivity index is 1.22. The summed E-state index contributed by atoms with van der Waals surface area (Å²) in [4.78, 5) is 9.90. The summed E-state index contributed by atoms with van der Waals surface area (Å²) in [6.45, 7) is 12.7. The molecule has 2 aliphatic heterocycles. The summed E-state index contributed by atoms with van der Waals surface area (Å²) in [6.07, 6.45) is 2.27. The van der Waals surface area contributed by atoms with Crippen LogP contribution in [0, 0.1) is 13.8 Å². The van der Waals surface area contributed by atoms with E-state index >= 15 is 0 Å². The lowest BCUT2D eigenvalue weighted by molar-refractivity contribution is 0.224. The van der Waals surface area contributed by atoms with Crippen LogP contribution in [-0.4, -0.2) is 62.3 Å². The third kappa shape index (κ3) is 5.49. The van der Waals surface area contributed by atoms with Gasteiger partial charge in [-0.05, 0) is 57.5 Å². The standard InChI is InChI=1S/C24H34N4O/c1-19-4-6-23(7-5-19)29-15-3-10-27-11-13-28(14-12-27)22-16-20(2)26-24(17-22)21-8-9-25-18-21/h4-7,16-17,21,25H,3,8-15,18H2,1-2H3. The fourth-order valence-corrected chi connectivity index (χ4v) is 4.32. The Kier molecular flexibility index (Phi) is 6.67. The van der Waals surface area contributed by atoms with Gasteiger partial charge in [-0.1, -0.05) is 17.7 Å². The fraction of sp³-hybridized carbons (Fsp3) is 0.542. The lowest BCUT2D eigenvalue weighted by Gasteiger charge is -2.36. The number of rotatable bonds is 7. The Hall–Kier alpha value is -2.11. The van der Waals surface area contributed by atoms with Crippen LogP contribution in [0.15, 0.2) is 36.4 Å². The van der Waals surface area contributed by atoms with Gasteiger partial charge in [0.1, 0.15) is 5.75 Å². The zero-order valence-corrected chi connectivity index (χ0v) is 17.9. The molecule has 4 rings (SSSR count). The summed E-state index contributed by atoms with van der Waals surface area (Å²) < 4.78 is 5.87. The summed E-state index contributed by atoms with van der Waals surface area (Å²) in [5.74, 6) is 1.55. The molecule has 29 heavy (non-hydrogen) atoms. The minimum absolute atomic E-state index is 0.573. The number of pyridine rings is 1. The topological polar surface area (TPSA) is 40.6 Å². The number of piperazine rings is 1. The maximum Gasteiger partial charge on any atom is 0.119 e. The van der Waals surface area contributed by atoms with Gasteiger partial charge in [0.05, 0.1) is 6.61 Å². The van der Waals surface area contributed by atoms with Crippen LogP contribution < -0.4 is 15.0 Å². The predicted octanol–water partition coefficient (Wildman–Crippen LogP) is 3.37. The normalized spacial score (nSPS) is 20.2. The summed E-state index contributed by atoms with van der Waals surface area (Å²) in [6, 6.07) is 12.9. The highest BCUT2D eigenvalue weighted by molar-refractivity contribution is 5.49. The molecule has 0 amide bonds. The van der Waals surface area contributed by atoms with Crippen molar-refractivity contribution in [2.75, 3.05) is 57.3 Å². The molecule has 1 unspecified atom stereocenters. The molecule has 0 bridgehead atoms. The molecule has 3 heterocycles. The molecule has 156 valence electrons. The highest BCUT2D eigenvalue weighted by Crippen LogP contribution is 2.26. The summed E-state index contributed by atoms with van der Waals surface area (Å²) in [7, 11) is 0. The van der Waals surface area contributed by atoms with Crippen LogP contribution in [-0.2, 0) is 0 Å². The van der Waals surface area contributed by atoms with E-state index in [9.17, 15) is 0 Å². The van der Waals surface area contributed by atoms with E-state index in [1.165, 1.54) is 23.4 Å². The predicted molar refractivity (Wildman–Crippen MR) is 119 cm³/mol. The smallest absolute Gasteiger partial charge is 0.119 e. The number of nitrogens with zero attached hydrogens (tertiary/aromatic N) is 3. The number of aryl methyl sites for hydroxylation is 2. The molecular formula is C24H34N4O. The number of hydrogen-bond acceptors (Lipinski definition) is 5. The maximum atomic E-state index is 5.87. The first-order chi connectivity index (χ1) is 14.2. The Bertz CT molecular complexity index is 778. The maximum absolute atomic E-state index is 5.87. The molecule has 0 aliphatic carbocycles. The van der Waals surface area contributed by atoms with Crippen molar-refractivity contribution < 1.29 is 4.74 Å². The van der Waals surface area contributed by atoms with E-state index in [2.05, 4.69) is 65.4 Å². The van der Waals surface area contributed by atoms with E-state index in [0.29, 0.717) is 5.92 Å². The van der Waals surface area contributed by atoms with Gasteiger partial charge >= 0.3 is 0 Å². The van der Waals surface area contributed by atoms with Gasteiger partial charge in [0.25, 0.3) is 0 Å². The highest BCUT2D eigenvalue weighted by Gasteiger charge is 2.21. The average molecular weight is 395 g/mol. The highest BCUT2D eigenvalue weighted by atomic mass is 16.5. The minimum Gasteiger partial charge on any atom is -0.494 e. The van der Waals surface area contributed by atoms with Gasteiger partial charge < -0.3 is 15.0 Å². The second-order valence-corrected chi connectivity index (χ2v) is 8.43. The van der Waals surface area contributed by atoms with Crippen LogP contribution in [0.1, 0.15) is 35.7 Å². The molecule has 1 aromatic carbocycles. The van der Waals surface area contributed by atoms with Crippen LogP contribution in [0.25, 0.3) is 0 Å². The van der Waals surface area contributed by atoms with Crippen LogP contribution in [0.2, 0.25) is 0 Å². The summed E-state index contributed by atoms with van der Waals surface area (Å²) in [5.41, 5.74) is 5.02. The molecule has 2 aliphatic rings. The van der Waals surface area contributed by atoms with E-state index < -0.39 is 0 Å². The number of nitrogens with one attached hydrogen (secondary N) is 1. The first-order valence-electron chi connectivity index (χ1n) is 11.0. The first-order valence-corrected chi connectivity index (χ1v) is 11.0. The zero-order chi connectivity index (χ0) is 20.1. The molecule has 2 fully saturated rings. The quantitative estimate of drug-likeness (QED) is 0.729. The Labute approximate surface area is 175 Å². The summed E-state index contributed by atoms with van der Waals surface area (Å²) >= 11 is 0. The average Bonchev–Trinajstić information content (AvgIpc) is 3.28. The van der Waals surface area contributed by atoms with Crippen LogP contribution in [0.3, 0.4) is 0 Å². The second-order valence-electron chi connectivity index (χ2n) is 8.43. The SMILES string of the molecule is Cc1ccc(OCCCN2CCN(c3cc(C)nc(C4CCNC4)c3)CC2)cc1. The molecule has 2 saturated heterocycles. The van der Waals surface area contributed by atoms with Crippen molar-refractivity contribution in [3.8, 4) is 5.75 Å². The van der Waals surface area contributed by atoms with E-state index in [4.69, 9.17) is 9.72 Å². The molecule has 1 aromatic heterocycles. The van der Waals surface area contributed by atoms with Gasteiger partial charge in [0, 0.05) is 62.3 Å². The van der Waals surface area contributed by atoms with Crippen molar-refractivity contribution in [3.63, 3.8) is 0 Å². The minimum atomic E-state index is 0.573. The van der Waals surface area contributed by atoms with Crippen molar-refractivity contribution in [1.82, 2.24) is 15.2 Å². The van der Waals surface area contributed by atoms with Gasteiger partial charge in [0.2, 0.25) is 0 Å². The lowest BCUT2D eigenvalue weighted by Crippen LogP contribution is -2.46. The monoisotopic (exact) mass is 394 g/mol. The molecule has 0 radical (unpaired) electrons. The van der Waals surface area contributed by atoms with Crippen molar-refractivity contribution >= 4 is 5.69 Å². The summed E-state index contributed by atoms with van der Waals surface area (Å²) in [5, 5.41) is 3.46. The van der Waals surface area contributed by atoms with Crippen LogP contribution >= 0.6 is 0 Å². The van der Waals surface area contributed by atoms with Gasteiger partial charge in [-0.3, -0.25) is 9.88 Å². The van der Waals surface area contributed by atoms with E-state index in [0.717, 1.165) is 70.3 Å². The van der Waals surface area contributed by atoms with Crippen molar-refractivity contribution in [3.05, 3.63) is 53.3 Å². The Morgan fingerprint density at radius 2 is 1.86 bits per heavy atom. The molecule has 5 heteroatoms. The number of benzene rings is 1. The molecular weight excluding hydrogens is 360 g/mol. The van der Waals surface area contributed by atoms with E-state index in [1.54, 1.807) is 0 Å². The third-order valence-electron chi connectivity index (χ3n) is 6.08. The zero-order valence-electron chi connectivity index (χ0n) is 17.9. The number of aromatic nitrogens is 1. The molecule has 2 aromatic rings.